The van der Waals surface area contributed by atoms with Gasteiger partial charge in [-0.25, -0.2) is 17.2 Å². The van der Waals surface area contributed by atoms with Gasteiger partial charge in [0, 0.05) is 38.7 Å². The Morgan fingerprint density at radius 3 is 2.62 bits per heavy atom. The number of carbonyl (C=O) groups excluding carboxylic acids is 1. The Balaban J connectivity index is 1.27. The van der Waals surface area contributed by atoms with E-state index < -0.39 is 21.7 Å². The number of sulfonamides is 1. The number of aromatic nitrogens is 2. The Kier molecular flexibility index (Phi) is 6.63. The summed E-state index contributed by atoms with van der Waals surface area (Å²) in [5.41, 5.74) is 0.890. The second-order valence-corrected chi connectivity index (χ2v) is 9.63. The van der Waals surface area contributed by atoms with Gasteiger partial charge in [-0.1, -0.05) is 6.07 Å². The van der Waals surface area contributed by atoms with Crippen molar-refractivity contribution in [3.05, 3.63) is 48.0 Å². The van der Waals surface area contributed by atoms with Crippen LogP contribution in [0.1, 0.15) is 12.8 Å². The predicted molar refractivity (Wildman–Crippen MR) is 114 cm³/mol. The molecule has 0 bridgehead atoms. The summed E-state index contributed by atoms with van der Waals surface area (Å²) >= 11 is 0.960. The molecule has 0 saturated carbocycles. The summed E-state index contributed by atoms with van der Waals surface area (Å²) in [7, 11) is -3.75. The maximum atomic E-state index is 13.5. The van der Waals surface area contributed by atoms with Crippen molar-refractivity contribution in [3.8, 4) is 5.75 Å². The molecule has 3 aromatic rings. The summed E-state index contributed by atoms with van der Waals surface area (Å²) in [5.74, 6) is -1.68. The lowest BCUT2D eigenvalue weighted by Gasteiger charge is -2.34. The number of carbonyl (C=O) groups is 1. The first-order valence-corrected chi connectivity index (χ1v) is 12.1. The summed E-state index contributed by atoms with van der Waals surface area (Å²) in [6.45, 7) is 1.01. The third kappa shape index (κ3) is 4.71. The van der Waals surface area contributed by atoms with E-state index in [1.165, 1.54) is 16.4 Å². The molecule has 2 heterocycles. The fourth-order valence-corrected chi connectivity index (χ4v) is 5.64. The molecule has 170 valence electrons. The topological polar surface area (TPSA) is 92.7 Å². The van der Waals surface area contributed by atoms with Crippen molar-refractivity contribution in [1.82, 2.24) is 18.0 Å². The smallest absolute Gasteiger partial charge is 0.245 e. The molecule has 1 aliphatic rings. The van der Waals surface area contributed by atoms with Crippen molar-refractivity contribution in [2.45, 2.75) is 17.7 Å². The minimum Gasteiger partial charge on any atom is -0.491 e. The predicted octanol–water partition coefficient (Wildman–Crippen LogP) is 2.66. The molecule has 0 unspecified atom stereocenters. The maximum absolute atomic E-state index is 13.5. The van der Waals surface area contributed by atoms with E-state index in [4.69, 9.17) is 4.74 Å². The third-order valence-corrected chi connectivity index (χ3v) is 7.62. The van der Waals surface area contributed by atoms with Crippen LogP contribution in [-0.4, -0.2) is 65.1 Å². The van der Waals surface area contributed by atoms with Gasteiger partial charge in [-0.3, -0.25) is 4.79 Å². The van der Waals surface area contributed by atoms with E-state index in [9.17, 15) is 22.0 Å². The first-order chi connectivity index (χ1) is 15.4. The van der Waals surface area contributed by atoms with Crippen LogP contribution in [0.2, 0.25) is 0 Å². The number of piperazine rings is 1. The van der Waals surface area contributed by atoms with Gasteiger partial charge in [0.05, 0.1) is 18.3 Å². The number of hydrogen-bond acceptors (Lipinski definition) is 7. The van der Waals surface area contributed by atoms with E-state index in [2.05, 4.69) is 8.75 Å². The molecule has 0 N–H and O–H groups in total. The number of ether oxygens (including phenoxy) is 1. The summed E-state index contributed by atoms with van der Waals surface area (Å²) in [4.78, 5) is 14.2. The first-order valence-electron chi connectivity index (χ1n) is 9.93. The number of benzene rings is 2. The van der Waals surface area contributed by atoms with E-state index in [-0.39, 0.29) is 55.8 Å². The fourth-order valence-electron chi connectivity index (χ4n) is 3.46. The Bertz CT molecular complexity index is 1230. The van der Waals surface area contributed by atoms with Gasteiger partial charge in [0.2, 0.25) is 15.9 Å². The summed E-state index contributed by atoms with van der Waals surface area (Å²) < 4.78 is 67.4. The monoisotopic (exact) mass is 482 g/mol. The molecule has 2 aromatic carbocycles. The van der Waals surface area contributed by atoms with Crippen LogP contribution < -0.4 is 4.74 Å². The zero-order valence-electron chi connectivity index (χ0n) is 16.9. The van der Waals surface area contributed by atoms with Crippen molar-refractivity contribution in [2.24, 2.45) is 0 Å². The van der Waals surface area contributed by atoms with Gasteiger partial charge < -0.3 is 9.64 Å². The number of hydrogen-bond donors (Lipinski definition) is 0. The Hall–Kier alpha value is -2.70. The molecular formula is C20H20F2N4O4S2. The highest BCUT2D eigenvalue weighted by Gasteiger charge is 2.31. The second-order valence-electron chi connectivity index (χ2n) is 7.20. The summed E-state index contributed by atoms with van der Waals surface area (Å²) in [6, 6.07) is 7.90. The molecule has 12 heteroatoms. The van der Waals surface area contributed by atoms with Crippen LogP contribution in [-0.2, 0) is 14.8 Å². The molecule has 1 aromatic heterocycles. The average molecular weight is 483 g/mol. The van der Waals surface area contributed by atoms with Crippen molar-refractivity contribution in [2.75, 3.05) is 32.8 Å². The minimum atomic E-state index is -3.75. The third-order valence-electron chi connectivity index (χ3n) is 5.14. The molecule has 0 atom stereocenters. The van der Waals surface area contributed by atoms with Crippen LogP contribution in [0.4, 0.5) is 8.78 Å². The van der Waals surface area contributed by atoms with E-state index in [0.29, 0.717) is 17.5 Å². The lowest BCUT2D eigenvalue weighted by atomic mass is 10.2. The molecule has 0 aliphatic carbocycles. The van der Waals surface area contributed by atoms with Crippen LogP contribution in [0.3, 0.4) is 0 Å². The van der Waals surface area contributed by atoms with Crippen molar-refractivity contribution < 1.29 is 26.7 Å². The Morgan fingerprint density at radius 2 is 1.88 bits per heavy atom. The van der Waals surface area contributed by atoms with Gasteiger partial charge in [-0.05, 0) is 30.7 Å². The number of amides is 1. The summed E-state index contributed by atoms with van der Waals surface area (Å²) in [6.07, 6.45) is 0.534. The van der Waals surface area contributed by atoms with Crippen LogP contribution >= 0.6 is 11.7 Å². The SMILES string of the molecule is O=C(CCCOc1ccc(F)cc1F)N1CCN(S(=O)(=O)c2cccc3nsnc23)CC1. The standard InChI is InChI=1S/C20H20F2N4O4S2/c21-14-6-7-17(15(22)13-14)30-12-2-5-19(27)25-8-10-26(11-9-25)32(28,29)18-4-1-3-16-20(18)24-31-23-16/h1,3-4,6-7,13H,2,5,8-12H2. The maximum Gasteiger partial charge on any atom is 0.245 e. The number of fused-ring (bicyclic) bond motifs is 1. The van der Waals surface area contributed by atoms with E-state index in [1.807, 2.05) is 0 Å². The van der Waals surface area contributed by atoms with Gasteiger partial charge in [-0.2, -0.15) is 13.1 Å². The molecular weight excluding hydrogens is 462 g/mol. The zero-order valence-corrected chi connectivity index (χ0v) is 18.5. The van der Waals surface area contributed by atoms with Gasteiger partial charge in [0.15, 0.2) is 11.6 Å². The molecule has 1 saturated heterocycles. The normalized spacial score (nSPS) is 15.2. The molecule has 1 aliphatic heterocycles. The van der Waals surface area contributed by atoms with E-state index in [0.717, 1.165) is 23.9 Å². The zero-order chi connectivity index (χ0) is 22.7. The molecule has 8 nitrogen and oxygen atoms in total. The molecule has 0 radical (unpaired) electrons. The summed E-state index contributed by atoms with van der Waals surface area (Å²) in [5, 5.41) is 0. The highest BCUT2D eigenvalue weighted by Crippen LogP contribution is 2.25. The molecule has 4 rings (SSSR count). The van der Waals surface area contributed by atoms with Gasteiger partial charge >= 0.3 is 0 Å². The Labute approximate surface area is 187 Å². The lowest BCUT2D eigenvalue weighted by molar-refractivity contribution is -0.132. The highest BCUT2D eigenvalue weighted by atomic mass is 32.2. The number of nitrogens with zero attached hydrogens (tertiary/aromatic N) is 4. The van der Waals surface area contributed by atoms with Gasteiger partial charge in [0.25, 0.3) is 0 Å². The largest absolute Gasteiger partial charge is 0.491 e. The van der Waals surface area contributed by atoms with Crippen LogP contribution in [0.15, 0.2) is 41.3 Å². The first kappa shape index (κ1) is 22.5. The van der Waals surface area contributed by atoms with Crippen molar-refractivity contribution in [1.29, 1.82) is 0 Å². The van der Waals surface area contributed by atoms with E-state index in [1.54, 1.807) is 17.0 Å². The van der Waals surface area contributed by atoms with Gasteiger partial charge in [0.1, 0.15) is 21.7 Å². The number of halogens is 2. The molecule has 0 spiro atoms. The van der Waals surface area contributed by atoms with Crippen LogP contribution in [0, 0.1) is 11.6 Å². The van der Waals surface area contributed by atoms with Crippen molar-refractivity contribution in [3.63, 3.8) is 0 Å². The molecule has 1 fully saturated rings. The van der Waals surface area contributed by atoms with Crippen molar-refractivity contribution >= 4 is 38.7 Å². The fraction of sp³-hybridized carbons (Fsp3) is 0.350. The quantitative estimate of drug-likeness (QED) is 0.481. The Morgan fingerprint density at radius 1 is 1.09 bits per heavy atom. The highest BCUT2D eigenvalue weighted by molar-refractivity contribution is 7.89. The van der Waals surface area contributed by atoms with E-state index >= 15 is 0 Å². The average Bonchev–Trinajstić information content (AvgIpc) is 3.26. The van der Waals surface area contributed by atoms with Crippen LogP contribution in [0.5, 0.6) is 5.75 Å². The number of rotatable bonds is 7. The molecule has 32 heavy (non-hydrogen) atoms. The lowest BCUT2D eigenvalue weighted by Crippen LogP contribution is -2.50. The minimum absolute atomic E-state index is 0.0667. The molecule has 1 amide bonds. The van der Waals surface area contributed by atoms with Gasteiger partial charge in [-0.15, -0.1) is 0 Å². The second kappa shape index (κ2) is 9.43. The van der Waals surface area contributed by atoms with Crippen LogP contribution in [0.25, 0.3) is 11.0 Å².